The van der Waals surface area contributed by atoms with Crippen molar-refractivity contribution in [3.8, 4) is 0 Å². The highest BCUT2D eigenvalue weighted by Crippen LogP contribution is 2.19. The minimum atomic E-state index is -0.570. The van der Waals surface area contributed by atoms with Crippen molar-refractivity contribution in [3.05, 3.63) is 0 Å². The summed E-state index contributed by atoms with van der Waals surface area (Å²) in [6.07, 6.45) is 1.45. The zero-order valence-electron chi connectivity index (χ0n) is 7.21. The maximum absolute atomic E-state index is 9.35. The first-order valence-electron chi connectivity index (χ1n) is 4.18. The highest BCUT2D eigenvalue weighted by Gasteiger charge is 2.24. The maximum Gasteiger partial charge on any atom is 0.157 e. The molecule has 0 aliphatic carbocycles. The molecule has 0 saturated carbocycles. The number of methoxy groups -OCH3 is 1. The highest BCUT2D eigenvalue weighted by molar-refractivity contribution is 4.76. The lowest BCUT2D eigenvalue weighted by molar-refractivity contribution is -0.121. The largest absolute Gasteiger partial charge is 0.368 e. The van der Waals surface area contributed by atoms with E-state index in [4.69, 9.17) is 4.74 Å². The van der Waals surface area contributed by atoms with Crippen LogP contribution in [0.5, 0.6) is 0 Å². The van der Waals surface area contributed by atoms with Crippen LogP contribution in [0.25, 0.3) is 0 Å². The first kappa shape index (κ1) is 8.97. The minimum absolute atomic E-state index is 0.316. The zero-order valence-corrected chi connectivity index (χ0v) is 7.21. The Labute approximate surface area is 67.7 Å². The first-order chi connectivity index (χ1) is 5.24. The normalized spacial score (nSPS) is 35.2. The van der Waals surface area contributed by atoms with Gasteiger partial charge in [0.1, 0.15) is 0 Å². The SMILES string of the molecule is COC(O)C1CCNC(C)C1. The number of rotatable bonds is 2. The van der Waals surface area contributed by atoms with E-state index < -0.39 is 6.29 Å². The van der Waals surface area contributed by atoms with E-state index in [1.54, 1.807) is 7.11 Å². The van der Waals surface area contributed by atoms with Crippen molar-refractivity contribution in [1.82, 2.24) is 5.32 Å². The predicted octanol–water partition coefficient (Wildman–Crippen LogP) is 0.339. The quantitative estimate of drug-likeness (QED) is 0.571. The fourth-order valence-corrected chi connectivity index (χ4v) is 1.62. The van der Waals surface area contributed by atoms with Crippen molar-refractivity contribution >= 4 is 0 Å². The van der Waals surface area contributed by atoms with Gasteiger partial charge in [-0.2, -0.15) is 0 Å². The van der Waals surface area contributed by atoms with E-state index in [0.717, 1.165) is 19.4 Å². The Morgan fingerprint density at radius 2 is 2.36 bits per heavy atom. The molecule has 0 aromatic rings. The molecule has 1 fully saturated rings. The number of hydrogen-bond donors (Lipinski definition) is 2. The molecule has 1 saturated heterocycles. The summed E-state index contributed by atoms with van der Waals surface area (Å²) in [5.41, 5.74) is 0. The van der Waals surface area contributed by atoms with Gasteiger partial charge in [0.05, 0.1) is 0 Å². The maximum atomic E-state index is 9.35. The molecular weight excluding hydrogens is 142 g/mol. The van der Waals surface area contributed by atoms with E-state index in [9.17, 15) is 5.11 Å². The van der Waals surface area contributed by atoms with Crippen LogP contribution in [0.2, 0.25) is 0 Å². The summed E-state index contributed by atoms with van der Waals surface area (Å²) in [7, 11) is 1.55. The van der Waals surface area contributed by atoms with Crippen LogP contribution >= 0.6 is 0 Å². The van der Waals surface area contributed by atoms with Gasteiger partial charge in [-0.05, 0) is 26.3 Å². The van der Waals surface area contributed by atoms with Gasteiger partial charge in [0.25, 0.3) is 0 Å². The van der Waals surface area contributed by atoms with Gasteiger partial charge in [0.2, 0.25) is 0 Å². The topological polar surface area (TPSA) is 41.5 Å². The van der Waals surface area contributed by atoms with E-state index in [1.807, 2.05) is 0 Å². The summed E-state index contributed by atoms with van der Waals surface area (Å²) in [6, 6.07) is 0.513. The van der Waals surface area contributed by atoms with Crippen LogP contribution in [-0.4, -0.2) is 31.1 Å². The summed E-state index contributed by atoms with van der Waals surface area (Å²) < 4.78 is 4.87. The molecule has 1 aliphatic rings. The van der Waals surface area contributed by atoms with Crippen molar-refractivity contribution < 1.29 is 9.84 Å². The lowest BCUT2D eigenvalue weighted by Crippen LogP contribution is -2.40. The van der Waals surface area contributed by atoms with E-state index in [0.29, 0.717) is 12.0 Å². The molecule has 3 heteroatoms. The molecule has 0 amide bonds. The lowest BCUT2D eigenvalue weighted by atomic mass is 9.93. The molecule has 0 aromatic carbocycles. The van der Waals surface area contributed by atoms with Crippen molar-refractivity contribution in [3.63, 3.8) is 0 Å². The minimum Gasteiger partial charge on any atom is -0.368 e. The second-order valence-corrected chi connectivity index (χ2v) is 3.27. The second-order valence-electron chi connectivity index (χ2n) is 3.27. The van der Waals surface area contributed by atoms with Crippen LogP contribution in [-0.2, 0) is 4.74 Å². The Hall–Kier alpha value is -0.120. The van der Waals surface area contributed by atoms with Crippen LogP contribution in [0, 0.1) is 5.92 Å². The summed E-state index contributed by atoms with van der Waals surface area (Å²) in [6.45, 7) is 3.13. The van der Waals surface area contributed by atoms with Gasteiger partial charge in [-0.3, -0.25) is 0 Å². The van der Waals surface area contributed by atoms with Crippen LogP contribution in [0.15, 0.2) is 0 Å². The highest BCUT2D eigenvalue weighted by atomic mass is 16.6. The van der Waals surface area contributed by atoms with Crippen molar-refractivity contribution in [1.29, 1.82) is 0 Å². The Kier molecular flexibility index (Phi) is 3.30. The van der Waals surface area contributed by atoms with Gasteiger partial charge in [-0.15, -0.1) is 0 Å². The summed E-state index contributed by atoms with van der Waals surface area (Å²) in [5.74, 6) is 0.316. The molecule has 0 aromatic heterocycles. The molecule has 1 rings (SSSR count). The third kappa shape index (κ3) is 2.43. The number of nitrogens with one attached hydrogen (secondary N) is 1. The van der Waals surface area contributed by atoms with E-state index in [1.165, 1.54) is 0 Å². The average Bonchev–Trinajstić information content (AvgIpc) is 2.03. The zero-order chi connectivity index (χ0) is 8.27. The standard InChI is InChI=1S/C8H17NO2/c1-6-5-7(3-4-9-6)8(10)11-2/h6-10H,3-5H2,1-2H3. The van der Waals surface area contributed by atoms with Gasteiger partial charge in [-0.25, -0.2) is 0 Å². The summed E-state index contributed by atoms with van der Waals surface area (Å²) in [4.78, 5) is 0. The van der Waals surface area contributed by atoms with Gasteiger partial charge < -0.3 is 15.2 Å². The van der Waals surface area contributed by atoms with Crippen molar-refractivity contribution in [2.75, 3.05) is 13.7 Å². The smallest absolute Gasteiger partial charge is 0.157 e. The Morgan fingerprint density at radius 1 is 1.64 bits per heavy atom. The molecule has 0 radical (unpaired) electrons. The molecule has 1 heterocycles. The first-order valence-corrected chi connectivity index (χ1v) is 4.18. The fourth-order valence-electron chi connectivity index (χ4n) is 1.62. The van der Waals surface area contributed by atoms with Crippen LogP contribution in [0.1, 0.15) is 19.8 Å². The monoisotopic (exact) mass is 159 g/mol. The van der Waals surface area contributed by atoms with Crippen LogP contribution < -0.4 is 5.32 Å². The third-order valence-corrected chi connectivity index (χ3v) is 2.31. The Bertz CT molecular complexity index is 119. The van der Waals surface area contributed by atoms with Crippen molar-refractivity contribution in [2.45, 2.75) is 32.1 Å². The number of piperidine rings is 1. The van der Waals surface area contributed by atoms with E-state index in [-0.39, 0.29) is 0 Å². The molecule has 1 aliphatic heterocycles. The lowest BCUT2D eigenvalue weighted by Gasteiger charge is -2.30. The Balaban J connectivity index is 2.33. The summed E-state index contributed by atoms with van der Waals surface area (Å²) >= 11 is 0. The van der Waals surface area contributed by atoms with Crippen LogP contribution in [0.3, 0.4) is 0 Å². The summed E-state index contributed by atoms with van der Waals surface area (Å²) in [5, 5.41) is 12.7. The van der Waals surface area contributed by atoms with Gasteiger partial charge in [0, 0.05) is 19.1 Å². The van der Waals surface area contributed by atoms with Gasteiger partial charge >= 0.3 is 0 Å². The van der Waals surface area contributed by atoms with E-state index in [2.05, 4.69) is 12.2 Å². The molecule has 3 nitrogen and oxygen atoms in total. The van der Waals surface area contributed by atoms with Gasteiger partial charge in [-0.1, -0.05) is 0 Å². The second kappa shape index (κ2) is 4.04. The number of aliphatic hydroxyl groups is 1. The predicted molar refractivity (Wildman–Crippen MR) is 43.2 cm³/mol. The molecule has 2 N–H and O–H groups in total. The molecule has 3 atom stereocenters. The molecule has 0 spiro atoms. The number of hydrogen-bond acceptors (Lipinski definition) is 3. The van der Waals surface area contributed by atoms with Crippen LogP contribution in [0.4, 0.5) is 0 Å². The van der Waals surface area contributed by atoms with Crippen molar-refractivity contribution in [2.24, 2.45) is 5.92 Å². The fraction of sp³-hybridized carbons (Fsp3) is 1.00. The molecular formula is C8H17NO2. The Morgan fingerprint density at radius 3 is 2.91 bits per heavy atom. The molecule has 11 heavy (non-hydrogen) atoms. The molecule has 66 valence electrons. The molecule has 3 unspecified atom stereocenters. The molecule has 0 bridgehead atoms. The number of aliphatic hydroxyl groups excluding tert-OH is 1. The van der Waals surface area contributed by atoms with Gasteiger partial charge in [0.15, 0.2) is 6.29 Å². The van der Waals surface area contributed by atoms with E-state index >= 15 is 0 Å². The average molecular weight is 159 g/mol. The third-order valence-electron chi connectivity index (χ3n) is 2.31. The number of ether oxygens (including phenoxy) is 1.